The van der Waals surface area contributed by atoms with Crippen molar-refractivity contribution in [2.24, 2.45) is 45.3 Å². The molecule has 2 saturated heterocycles. The Bertz CT molecular complexity index is 2400. The molecule has 0 spiro atoms. The highest BCUT2D eigenvalue weighted by Crippen LogP contribution is 2.75. The van der Waals surface area contributed by atoms with Crippen LogP contribution in [-0.4, -0.2) is 120 Å². The maximum Gasteiger partial charge on any atom is 0.225 e. The number of aliphatic hydroxyl groups is 3. The number of thioether (sulfide) groups is 1. The summed E-state index contributed by atoms with van der Waals surface area (Å²) < 4.78 is 90.3. The average Bonchev–Trinajstić information content (AvgIpc) is 3.85. The van der Waals surface area contributed by atoms with E-state index in [1.807, 2.05) is 6.92 Å². The summed E-state index contributed by atoms with van der Waals surface area (Å²) in [5.74, 6) is -0.314. The lowest BCUT2D eigenvalue weighted by atomic mass is 9.44. The Morgan fingerprint density at radius 2 is 1.12 bits per heavy atom. The van der Waals surface area contributed by atoms with Gasteiger partial charge < -0.3 is 34.3 Å². The number of carbonyl (C=O) groups is 4. The summed E-state index contributed by atoms with van der Waals surface area (Å²) in [7, 11) is 0. The van der Waals surface area contributed by atoms with Gasteiger partial charge in [-0.05, 0) is 127 Å². The van der Waals surface area contributed by atoms with E-state index in [1.54, 1.807) is 48.5 Å². The first-order valence-electron chi connectivity index (χ1n) is 23.2. The zero-order chi connectivity index (χ0) is 49.1. The predicted molar refractivity (Wildman–Crippen MR) is 240 cm³/mol. The number of hydrogen-bond acceptors (Lipinski definition) is 12. The molecule has 17 heteroatoms. The van der Waals surface area contributed by atoms with E-state index in [-0.39, 0.29) is 66.5 Å². The Hall–Kier alpha value is -2.66. The Balaban J connectivity index is 0.000000170. The summed E-state index contributed by atoms with van der Waals surface area (Å²) in [5.41, 5.74) is -12.2. The molecule has 3 N–H and O–H groups in total. The van der Waals surface area contributed by atoms with E-state index in [0.29, 0.717) is 6.42 Å². The summed E-state index contributed by atoms with van der Waals surface area (Å²) in [6, 6.07) is 0. The third-order valence-corrected chi connectivity index (χ3v) is 19.5. The van der Waals surface area contributed by atoms with E-state index in [0.717, 1.165) is 17.8 Å². The van der Waals surface area contributed by atoms with Crippen molar-refractivity contribution in [3.8, 4) is 11.8 Å². The molecule has 2 heterocycles. The van der Waals surface area contributed by atoms with Crippen LogP contribution in [0, 0.1) is 57.2 Å². The molecule has 10 rings (SSSR count). The molecule has 8 fully saturated rings. The molecule has 0 aromatic carbocycles. The van der Waals surface area contributed by atoms with Crippen LogP contribution < -0.4 is 0 Å². The topological polar surface area (TPSA) is 166 Å². The highest BCUT2D eigenvalue weighted by Gasteiger charge is 2.82. The zero-order valence-corrected chi connectivity index (χ0v) is 40.6. The van der Waals surface area contributed by atoms with E-state index >= 15 is 17.6 Å². The SMILES string of the molecule is CC1(C)O[C@@H]2C[C@H]3[C@@H]4C[C@H](F)C5=CC(=O)C=C[C@]5(C)[C@@]4(F)[C@@H](O)C[C@]3(C)[C@]2(C(=O)S)O1.CC1(C)O[C@@H]2C[C@H]3[C@@H]4C[C@H](F)C5=CC(=O)C=C[C@]5(C)[C@@]4(F)[C@@H](O)C[C@]3(C)[C@]2(C(=O)SCC#CCO)O1. The molecule has 10 aliphatic rings. The fourth-order valence-electron chi connectivity index (χ4n) is 15.6. The molecule has 6 saturated carbocycles. The monoisotopic (exact) mass is 976 g/mol. The van der Waals surface area contributed by atoms with Gasteiger partial charge in [-0.15, -0.1) is 12.6 Å². The van der Waals surface area contributed by atoms with Crippen molar-refractivity contribution in [1.82, 2.24) is 0 Å². The number of hydrogen-bond donors (Lipinski definition) is 4. The predicted octanol–water partition coefficient (Wildman–Crippen LogP) is 6.32. The number of rotatable bonds is 3. The van der Waals surface area contributed by atoms with Crippen LogP contribution in [0.2, 0.25) is 0 Å². The normalized spacial score (nSPS) is 51.1. The molecule has 0 amide bonds. The molecular formula is C50H60F4O11S2. The van der Waals surface area contributed by atoms with Crippen LogP contribution in [0.25, 0.3) is 0 Å². The van der Waals surface area contributed by atoms with Gasteiger partial charge in [0.05, 0.1) is 30.2 Å². The fourth-order valence-corrected chi connectivity index (χ4v) is 17.0. The van der Waals surface area contributed by atoms with Crippen molar-refractivity contribution in [2.75, 3.05) is 12.4 Å². The maximum atomic E-state index is 17.3. The van der Waals surface area contributed by atoms with Crippen LogP contribution in [-0.2, 0) is 38.1 Å². The molecule has 0 bridgehead atoms. The summed E-state index contributed by atoms with van der Waals surface area (Å²) in [5, 5.41) is 30.9. The zero-order valence-electron chi connectivity index (χ0n) is 38.9. The number of ketones is 2. The summed E-state index contributed by atoms with van der Waals surface area (Å²) in [6.45, 7) is 13.3. The molecule has 18 atom stereocenters. The van der Waals surface area contributed by atoms with Crippen LogP contribution in [0.1, 0.15) is 93.9 Å². The molecule has 0 radical (unpaired) electrons. The van der Waals surface area contributed by atoms with Gasteiger partial charge in [-0.25, -0.2) is 17.6 Å². The number of carbonyl (C=O) groups excluding carboxylic acids is 4. The Morgan fingerprint density at radius 1 is 0.701 bits per heavy atom. The molecule has 2 aliphatic heterocycles. The van der Waals surface area contributed by atoms with Gasteiger partial charge in [0, 0.05) is 33.5 Å². The van der Waals surface area contributed by atoms with E-state index in [4.69, 9.17) is 24.1 Å². The lowest BCUT2D eigenvalue weighted by Crippen LogP contribution is -2.70. The lowest BCUT2D eigenvalue weighted by Gasteiger charge is -2.63. The van der Waals surface area contributed by atoms with Crippen LogP contribution in [0.4, 0.5) is 17.6 Å². The van der Waals surface area contributed by atoms with Gasteiger partial charge in [-0.3, -0.25) is 19.2 Å². The standard InChI is InChI=1S/C27H32F2O6S.C23H28F2O5S/c1-23(2)34-21-13-16-17-12-19(28)18-11-15(31)7-8-24(18,3)26(17,29)20(32)14-25(16,4)27(21,35-23)22(33)36-10-6-5-9-30;1-19(2)29-17-9-12-13-8-15(24)14-7-11(26)5-6-20(14,3)22(13,25)16(27)10-21(12,4)23(17,30-19)18(28)31/h7-8,11,16-17,19-21,30,32H,9-10,12-14H2,1-4H3;5-7,12-13,15-17,27H,8-10H2,1-4H3,(H,28,31)/t16-,17-,19-,20-,21+,24-,25-,26-,27-;12-,13-,15-,16-,17+,20-,21-,22-,23-/m00/s1. The molecule has 8 aliphatic carbocycles. The van der Waals surface area contributed by atoms with Crippen LogP contribution in [0.5, 0.6) is 0 Å². The van der Waals surface area contributed by atoms with E-state index < -0.39 is 127 Å². The summed E-state index contributed by atoms with van der Waals surface area (Å²) >= 11 is 5.09. The number of ether oxygens (including phenoxy) is 4. The second-order valence-electron chi connectivity index (χ2n) is 22.3. The van der Waals surface area contributed by atoms with Gasteiger partial charge in [0.15, 0.2) is 45.7 Å². The minimum atomic E-state index is -2.24. The third kappa shape index (κ3) is 6.25. The van der Waals surface area contributed by atoms with Crippen molar-refractivity contribution >= 4 is 46.2 Å². The molecule has 0 unspecified atom stereocenters. The molecule has 11 nitrogen and oxygen atoms in total. The van der Waals surface area contributed by atoms with Crippen molar-refractivity contribution < 1.29 is 71.0 Å². The van der Waals surface area contributed by atoms with E-state index in [9.17, 15) is 29.4 Å². The Morgan fingerprint density at radius 3 is 1.55 bits per heavy atom. The van der Waals surface area contributed by atoms with Gasteiger partial charge in [-0.1, -0.05) is 49.6 Å². The van der Waals surface area contributed by atoms with Crippen molar-refractivity contribution in [1.29, 1.82) is 0 Å². The molecule has 0 aromatic rings. The van der Waals surface area contributed by atoms with Gasteiger partial charge >= 0.3 is 0 Å². The fraction of sp³-hybridized carbons (Fsp3) is 0.720. The highest BCUT2D eigenvalue weighted by molar-refractivity contribution is 8.14. The second kappa shape index (κ2) is 15.4. The maximum absolute atomic E-state index is 17.3. The van der Waals surface area contributed by atoms with Gasteiger partial charge in [-0.2, -0.15) is 0 Å². The number of halogens is 4. The number of alkyl halides is 4. The molecule has 67 heavy (non-hydrogen) atoms. The van der Waals surface area contributed by atoms with Gasteiger partial charge in [0.1, 0.15) is 19.0 Å². The number of thiol groups is 1. The van der Waals surface area contributed by atoms with E-state index in [1.165, 1.54) is 30.4 Å². The van der Waals surface area contributed by atoms with Gasteiger partial charge in [0.2, 0.25) is 10.2 Å². The molecule has 0 aromatic heterocycles. The Labute approximate surface area is 397 Å². The highest BCUT2D eigenvalue weighted by atomic mass is 32.2. The van der Waals surface area contributed by atoms with Crippen LogP contribution in [0.3, 0.4) is 0 Å². The first-order valence-corrected chi connectivity index (χ1v) is 24.6. The second-order valence-corrected chi connectivity index (χ2v) is 23.6. The third-order valence-electron chi connectivity index (χ3n) is 18.3. The lowest BCUT2D eigenvalue weighted by molar-refractivity contribution is -0.246. The van der Waals surface area contributed by atoms with Gasteiger partial charge in [0.25, 0.3) is 0 Å². The van der Waals surface area contributed by atoms with Crippen LogP contribution >= 0.6 is 24.4 Å². The number of fused-ring (bicyclic) bond motifs is 14. The Kier molecular flexibility index (Phi) is 11.4. The van der Waals surface area contributed by atoms with Crippen molar-refractivity contribution in [3.63, 3.8) is 0 Å². The number of allylic oxidation sites excluding steroid dienone is 8. The van der Waals surface area contributed by atoms with Crippen molar-refractivity contribution in [3.05, 3.63) is 47.6 Å². The first kappa shape index (κ1) is 49.3. The minimum absolute atomic E-state index is 0.0610. The molecular weight excluding hydrogens is 917 g/mol. The summed E-state index contributed by atoms with van der Waals surface area (Å²) in [6.07, 6.45) is 0.217. The van der Waals surface area contributed by atoms with Crippen LogP contribution in [0.15, 0.2) is 47.6 Å². The number of aliphatic hydroxyl groups excluding tert-OH is 3. The molecule has 366 valence electrons. The van der Waals surface area contributed by atoms with Crippen molar-refractivity contribution in [2.45, 2.75) is 165 Å². The largest absolute Gasteiger partial charge is 0.390 e. The minimum Gasteiger partial charge on any atom is -0.390 e. The quantitative estimate of drug-likeness (QED) is 0.142. The summed E-state index contributed by atoms with van der Waals surface area (Å²) in [4.78, 5) is 50.6. The average molecular weight is 977 g/mol. The smallest absolute Gasteiger partial charge is 0.225 e. The first-order chi connectivity index (χ1) is 31.0. The van der Waals surface area contributed by atoms with E-state index in [2.05, 4.69) is 24.5 Å².